The monoisotopic (exact) mass is 220 g/mol. The molecule has 2 rings (SSSR count). The van der Waals surface area contributed by atoms with Crippen LogP contribution in [0.15, 0.2) is 23.8 Å². The standard InChI is InChI=1S/C14H20O2/c1-8(2)10-4-5-11-7-13(15)14(16)9(3)12(11)6-10/h7,9-10,12,14,16H,1,4-6H2,2-3H3/t9-,10-,12-,14+/m0/s1. The first-order chi connectivity index (χ1) is 7.50. The van der Waals surface area contributed by atoms with Crippen LogP contribution >= 0.6 is 0 Å². The van der Waals surface area contributed by atoms with Crippen LogP contribution in [0.5, 0.6) is 0 Å². The second kappa shape index (κ2) is 4.17. The Labute approximate surface area is 97.0 Å². The highest BCUT2D eigenvalue weighted by molar-refractivity contribution is 5.95. The molecule has 0 spiro atoms. The lowest BCUT2D eigenvalue weighted by Gasteiger charge is -2.39. The lowest BCUT2D eigenvalue weighted by atomic mass is 9.66. The van der Waals surface area contributed by atoms with E-state index in [-0.39, 0.29) is 11.7 Å². The van der Waals surface area contributed by atoms with Crippen molar-refractivity contribution in [3.05, 3.63) is 23.8 Å². The highest BCUT2D eigenvalue weighted by atomic mass is 16.3. The van der Waals surface area contributed by atoms with Crippen LogP contribution in [0.25, 0.3) is 0 Å². The van der Waals surface area contributed by atoms with E-state index in [0.717, 1.165) is 19.3 Å². The van der Waals surface area contributed by atoms with E-state index in [9.17, 15) is 9.90 Å². The van der Waals surface area contributed by atoms with Crippen molar-refractivity contribution in [1.29, 1.82) is 0 Å². The summed E-state index contributed by atoms with van der Waals surface area (Å²) >= 11 is 0. The molecule has 0 aromatic rings. The first-order valence-corrected chi connectivity index (χ1v) is 6.08. The van der Waals surface area contributed by atoms with Crippen molar-refractivity contribution in [1.82, 2.24) is 0 Å². The fraction of sp³-hybridized carbons (Fsp3) is 0.643. The third-order valence-electron chi connectivity index (χ3n) is 4.24. The van der Waals surface area contributed by atoms with E-state index < -0.39 is 6.10 Å². The minimum atomic E-state index is -0.794. The van der Waals surface area contributed by atoms with Crippen LogP contribution in [-0.2, 0) is 4.79 Å². The van der Waals surface area contributed by atoms with Crippen molar-refractivity contribution in [2.24, 2.45) is 17.8 Å². The molecule has 0 saturated heterocycles. The molecule has 0 bridgehead atoms. The summed E-state index contributed by atoms with van der Waals surface area (Å²) in [6.07, 6.45) is 4.03. The maximum Gasteiger partial charge on any atom is 0.184 e. The van der Waals surface area contributed by atoms with E-state index in [1.54, 1.807) is 6.08 Å². The fourth-order valence-electron chi connectivity index (χ4n) is 3.03. The first-order valence-electron chi connectivity index (χ1n) is 6.08. The zero-order chi connectivity index (χ0) is 11.9. The van der Waals surface area contributed by atoms with Crippen LogP contribution in [0.4, 0.5) is 0 Å². The normalized spacial score (nSPS) is 38.9. The van der Waals surface area contributed by atoms with Gasteiger partial charge >= 0.3 is 0 Å². The summed E-state index contributed by atoms with van der Waals surface area (Å²) in [4.78, 5) is 11.5. The summed E-state index contributed by atoms with van der Waals surface area (Å²) in [5.41, 5.74) is 2.48. The highest BCUT2D eigenvalue weighted by Crippen LogP contribution is 2.43. The molecule has 2 aliphatic rings. The molecule has 0 aliphatic heterocycles. The molecular weight excluding hydrogens is 200 g/mol. The van der Waals surface area contributed by atoms with Gasteiger partial charge in [-0.15, -0.1) is 0 Å². The summed E-state index contributed by atoms with van der Waals surface area (Å²) in [6, 6.07) is 0. The van der Waals surface area contributed by atoms with E-state index in [1.165, 1.54) is 11.1 Å². The van der Waals surface area contributed by atoms with Gasteiger partial charge in [0, 0.05) is 0 Å². The van der Waals surface area contributed by atoms with Crippen molar-refractivity contribution in [2.75, 3.05) is 0 Å². The quantitative estimate of drug-likeness (QED) is 0.689. The van der Waals surface area contributed by atoms with Crippen LogP contribution in [0.3, 0.4) is 0 Å². The Morgan fingerprint density at radius 2 is 2.25 bits per heavy atom. The van der Waals surface area contributed by atoms with Crippen LogP contribution in [-0.4, -0.2) is 17.0 Å². The average Bonchev–Trinajstić information content (AvgIpc) is 2.25. The number of carbonyl (C=O) groups is 1. The van der Waals surface area contributed by atoms with Crippen molar-refractivity contribution < 1.29 is 9.90 Å². The molecule has 0 amide bonds. The van der Waals surface area contributed by atoms with Gasteiger partial charge in [-0.2, -0.15) is 0 Å². The van der Waals surface area contributed by atoms with E-state index in [2.05, 4.69) is 13.5 Å². The molecule has 0 heterocycles. The Balaban J connectivity index is 2.22. The molecule has 16 heavy (non-hydrogen) atoms. The molecule has 0 aromatic heterocycles. The molecule has 1 saturated carbocycles. The molecule has 0 aromatic carbocycles. The highest BCUT2D eigenvalue weighted by Gasteiger charge is 2.38. The number of rotatable bonds is 1. The van der Waals surface area contributed by atoms with Gasteiger partial charge in [0.1, 0.15) is 6.10 Å². The van der Waals surface area contributed by atoms with Gasteiger partial charge in [-0.1, -0.05) is 24.6 Å². The average molecular weight is 220 g/mol. The summed E-state index contributed by atoms with van der Waals surface area (Å²) < 4.78 is 0. The molecule has 0 radical (unpaired) electrons. The molecule has 88 valence electrons. The Hall–Kier alpha value is -0.890. The van der Waals surface area contributed by atoms with Gasteiger partial charge in [-0.3, -0.25) is 4.79 Å². The minimum absolute atomic E-state index is 0.0645. The number of aliphatic hydroxyl groups is 1. The number of ketones is 1. The number of carbonyl (C=O) groups excluding carboxylic acids is 1. The number of allylic oxidation sites excluding steroid dienone is 2. The SMILES string of the molecule is C=C(C)[C@H]1CCC2=CC(=O)[C@H](O)[C@@H](C)[C@@H]2C1. The van der Waals surface area contributed by atoms with E-state index in [0.29, 0.717) is 11.8 Å². The third kappa shape index (κ3) is 1.86. The summed E-state index contributed by atoms with van der Waals surface area (Å²) in [5, 5.41) is 9.79. The zero-order valence-corrected chi connectivity index (χ0v) is 10.1. The number of hydrogen-bond donors (Lipinski definition) is 1. The maximum atomic E-state index is 11.5. The Kier molecular flexibility index (Phi) is 3.02. The van der Waals surface area contributed by atoms with E-state index >= 15 is 0 Å². The van der Waals surface area contributed by atoms with Crippen LogP contribution in [0, 0.1) is 17.8 Å². The number of aliphatic hydroxyl groups excluding tert-OH is 1. The largest absolute Gasteiger partial charge is 0.385 e. The molecule has 4 atom stereocenters. The predicted octanol–water partition coefficient (Wildman–Crippen LogP) is 2.48. The fourth-order valence-corrected chi connectivity index (χ4v) is 3.03. The number of hydrogen-bond acceptors (Lipinski definition) is 2. The van der Waals surface area contributed by atoms with Gasteiger partial charge in [0.15, 0.2) is 5.78 Å². The molecule has 2 aliphatic carbocycles. The first kappa shape index (κ1) is 11.6. The summed E-state index contributed by atoms with van der Waals surface area (Å²) in [5.74, 6) is 0.898. The van der Waals surface area contributed by atoms with Crippen molar-refractivity contribution in [3.8, 4) is 0 Å². The molecule has 0 unspecified atom stereocenters. The molecule has 2 nitrogen and oxygen atoms in total. The van der Waals surface area contributed by atoms with Gasteiger partial charge in [0.05, 0.1) is 0 Å². The Morgan fingerprint density at radius 1 is 1.56 bits per heavy atom. The molecule has 1 N–H and O–H groups in total. The third-order valence-corrected chi connectivity index (χ3v) is 4.24. The van der Waals surface area contributed by atoms with Gasteiger partial charge in [-0.25, -0.2) is 0 Å². The van der Waals surface area contributed by atoms with Crippen LogP contribution < -0.4 is 0 Å². The Morgan fingerprint density at radius 3 is 2.88 bits per heavy atom. The van der Waals surface area contributed by atoms with Crippen molar-refractivity contribution in [3.63, 3.8) is 0 Å². The molecule has 1 fully saturated rings. The van der Waals surface area contributed by atoms with Gasteiger partial charge in [0.2, 0.25) is 0 Å². The number of fused-ring (bicyclic) bond motifs is 1. The Bertz CT molecular complexity index is 354. The molecule has 2 heteroatoms. The van der Waals surface area contributed by atoms with Crippen molar-refractivity contribution in [2.45, 2.75) is 39.2 Å². The van der Waals surface area contributed by atoms with E-state index in [1.807, 2.05) is 6.92 Å². The molecular formula is C14H20O2. The van der Waals surface area contributed by atoms with Gasteiger partial charge in [-0.05, 0) is 50.0 Å². The van der Waals surface area contributed by atoms with Crippen molar-refractivity contribution >= 4 is 5.78 Å². The summed E-state index contributed by atoms with van der Waals surface area (Å²) in [6.45, 7) is 8.09. The topological polar surface area (TPSA) is 37.3 Å². The van der Waals surface area contributed by atoms with Crippen LogP contribution in [0.2, 0.25) is 0 Å². The van der Waals surface area contributed by atoms with Crippen LogP contribution in [0.1, 0.15) is 33.1 Å². The maximum absolute atomic E-state index is 11.5. The minimum Gasteiger partial charge on any atom is -0.385 e. The van der Waals surface area contributed by atoms with Gasteiger partial charge < -0.3 is 5.11 Å². The lowest BCUT2D eigenvalue weighted by molar-refractivity contribution is -0.126. The summed E-state index contributed by atoms with van der Waals surface area (Å²) in [7, 11) is 0. The van der Waals surface area contributed by atoms with E-state index in [4.69, 9.17) is 0 Å². The smallest absolute Gasteiger partial charge is 0.184 e. The second-order valence-electron chi connectivity index (χ2n) is 5.35. The predicted molar refractivity (Wildman–Crippen MR) is 63.9 cm³/mol. The zero-order valence-electron chi connectivity index (χ0n) is 10.1. The van der Waals surface area contributed by atoms with Gasteiger partial charge in [0.25, 0.3) is 0 Å². The second-order valence-corrected chi connectivity index (χ2v) is 5.35. The lowest BCUT2D eigenvalue weighted by Crippen LogP contribution is -2.39.